The summed E-state index contributed by atoms with van der Waals surface area (Å²) in [6, 6.07) is 7.97. The van der Waals surface area contributed by atoms with E-state index in [0.717, 1.165) is 48.1 Å². The summed E-state index contributed by atoms with van der Waals surface area (Å²) in [7, 11) is 1.72. The first kappa shape index (κ1) is 14.7. The largest absolute Gasteiger partial charge is 0.389 e. The van der Waals surface area contributed by atoms with E-state index in [1.807, 2.05) is 24.3 Å². The van der Waals surface area contributed by atoms with Crippen LogP contribution in [-0.4, -0.2) is 30.2 Å². The first-order valence-electron chi connectivity index (χ1n) is 6.64. The van der Waals surface area contributed by atoms with Crippen molar-refractivity contribution >= 4 is 33.8 Å². The van der Waals surface area contributed by atoms with E-state index < -0.39 is 0 Å². The van der Waals surface area contributed by atoms with Crippen LogP contribution in [-0.2, 0) is 4.74 Å². The number of hydrogen-bond acceptors (Lipinski definition) is 4. The first-order valence-corrected chi connectivity index (χ1v) is 7.05. The first-order chi connectivity index (χ1) is 9.74. The van der Waals surface area contributed by atoms with Crippen molar-refractivity contribution in [2.45, 2.75) is 12.8 Å². The standard InChI is InChI=1S/C15H19N3OS/c1-19-9-5-4-8-17-14-11-6-2-3-7-13(11)18-10-12(14)15(16)20/h2-3,6-7,10H,4-5,8-9H2,1H3,(H2,16,20)(H,17,18). The third kappa shape index (κ3) is 3.43. The third-order valence-electron chi connectivity index (χ3n) is 3.12. The molecule has 0 bridgehead atoms. The minimum absolute atomic E-state index is 0.364. The van der Waals surface area contributed by atoms with E-state index in [0.29, 0.717) is 4.99 Å². The number of fused-ring (bicyclic) bond motifs is 1. The zero-order valence-electron chi connectivity index (χ0n) is 11.6. The van der Waals surface area contributed by atoms with Crippen LogP contribution in [0.3, 0.4) is 0 Å². The predicted octanol–water partition coefficient (Wildman–Crippen LogP) is 2.71. The van der Waals surface area contributed by atoms with Crippen LogP contribution in [0.2, 0.25) is 0 Å². The van der Waals surface area contributed by atoms with E-state index >= 15 is 0 Å². The lowest BCUT2D eigenvalue weighted by Crippen LogP contribution is -2.15. The molecule has 0 aliphatic carbocycles. The zero-order valence-corrected chi connectivity index (χ0v) is 12.4. The summed E-state index contributed by atoms with van der Waals surface area (Å²) >= 11 is 5.11. The summed E-state index contributed by atoms with van der Waals surface area (Å²) in [6.07, 6.45) is 3.79. The minimum Gasteiger partial charge on any atom is -0.389 e. The van der Waals surface area contributed by atoms with Crippen LogP contribution in [0.15, 0.2) is 30.5 Å². The van der Waals surface area contributed by atoms with Gasteiger partial charge < -0.3 is 15.8 Å². The Balaban J connectivity index is 2.23. The maximum atomic E-state index is 5.79. The van der Waals surface area contributed by atoms with Crippen LogP contribution in [0.4, 0.5) is 5.69 Å². The molecular weight excluding hydrogens is 270 g/mol. The van der Waals surface area contributed by atoms with Gasteiger partial charge >= 0.3 is 0 Å². The highest BCUT2D eigenvalue weighted by atomic mass is 32.1. The quantitative estimate of drug-likeness (QED) is 0.606. The van der Waals surface area contributed by atoms with Gasteiger partial charge in [-0.3, -0.25) is 4.98 Å². The van der Waals surface area contributed by atoms with Crippen molar-refractivity contribution in [3.8, 4) is 0 Å². The lowest BCUT2D eigenvalue weighted by Gasteiger charge is -2.13. The van der Waals surface area contributed by atoms with E-state index in [1.165, 1.54) is 0 Å². The number of methoxy groups -OCH3 is 1. The molecule has 0 aliphatic heterocycles. The smallest absolute Gasteiger partial charge is 0.107 e. The summed E-state index contributed by atoms with van der Waals surface area (Å²) in [5, 5.41) is 4.48. The summed E-state index contributed by atoms with van der Waals surface area (Å²) < 4.78 is 5.05. The molecule has 1 aromatic heterocycles. The highest BCUT2D eigenvalue weighted by Gasteiger charge is 2.10. The molecule has 0 amide bonds. The number of nitrogens with two attached hydrogens (primary N) is 1. The maximum absolute atomic E-state index is 5.79. The van der Waals surface area contributed by atoms with Gasteiger partial charge in [0.05, 0.1) is 16.8 Å². The fraction of sp³-hybridized carbons (Fsp3) is 0.333. The Bertz CT molecular complexity index is 601. The monoisotopic (exact) mass is 289 g/mol. The molecule has 2 aromatic rings. The van der Waals surface area contributed by atoms with Gasteiger partial charge in [-0.25, -0.2) is 0 Å². The van der Waals surface area contributed by atoms with E-state index in [4.69, 9.17) is 22.7 Å². The number of para-hydroxylation sites is 1. The number of nitrogens with zero attached hydrogens (tertiary/aromatic N) is 1. The topological polar surface area (TPSA) is 60.2 Å². The Morgan fingerprint density at radius 2 is 2.15 bits per heavy atom. The zero-order chi connectivity index (χ0) is 14.4. The van der Waals surface area contributed by atoms with Crippen molar-refractivity contribution in [1.29, 1.82) is 0 Å². The van der Waals surface area contributed by atoms with Crippen molar-refractivity contribution in [2.24, 2.45) is 5.73 Å². The summed E-state index contributed by atoms with van der Waals surface area (Å²) in [6.45, 7) is 1.63. The molecule has 2 rings (SSSR count). The summed E-state index contributed by atoms with van der Waals surface area (Å²) in [5.41, 5.74) is 8.50. The molecule has 0 fully saturated rings. The number of anilines is 1. The molecule has 106 valence electrons. The highest BCUT2D eigenvalue weighted by molar-refractivity contribution is 7.80. The van der Waals surface area contributed by atoms with Gasteiger partial charge in [0, 0.05) is 31.8 Å². The molecule has 5 heteroatoms. The number of nitrogens with one attached hydrogen (secondary N) is 1. The lowest BCUT2D eigenvalue weighted by atomic mass is 10.1. The lowest BCUT2D eigenvalue weighted by molar-refractivity contribution is 0.194. The van der Waals surface area contributed by atoms with E-state index in [-0.39, 0.29) is 0 Å². The Hall–Kier alpha value is -1.72. The van der Waals surface area contributed by atoms with Crippen LogP contribution < -0.4 is 11.1 Å². The van der Waals surface area contributed by atoms with Gasteiger partial charge in [-0.1, -0.05) is 30.4 Å². The molecule has 1 aromatic carbocycles. The molecule has 20 heavy (non-hydrogen) atoms. The second-order valence-electron chi connectivity index (χ2n) is 4.55. The molecule has 0 radical (unpaired) electrons. The van der Waals surface area contributed by atoms with Gasteiger partial charge in [0.2, 0.25) is 0 Å². The van der Waals surface area contributed by atoms with Crippen molar-refractivity contribution in [3.05, 3.63) is 36.0 Å². The molecule has 0 atom stereocenters. The number of rotatable bonds is 7. The van der Waals surface area contributed by atoms with Gasteiger partial charge in [-0.05, 0) is 18.9 Å². The molecule has 1 heterocycles. The number of aromatic nitrogens is 1. The Labute approximate surface area is 124 Å². The minimum atomic E-state index is 0.364. The molecular formula is C15H19N3OS. The second kappa shape index (κ2) is 7.17. The molecule has 3 N–H and O–H groups in total. The van der Waals surface area contributed by atoms with Crippen LogP contribution in [0.5, 0.6) is 0 Å². The van der Waals surface area contributed by atoms with Crippen molar-refractivity contribution in [3.63, 3.8) is 0 Å². The molecule has 0 saturated heterocycles. The Morgan fingerprint density at radius 3 is 2.90 bits per heavy atom. The SMILES string of the molecule is COCCCCNc1c(C(N)=S)cnc2ccccc12. The van der Waals surface area contributed by atoms with Crippen LogP contribution >= 0.6 is 12.2 Å². The van der Waals surface area contributed by atoms with Crippen LogP contribution in [0, 0.1) is 0 Å². The normalized spacial score (nSPS) is 10.7. The highest BCUT2D eigenvalue weighted by Crippen LogP contribution is 2.25. The molecule has 0 aliphatic rings. The van der Waals surface area contributed by atoms with Gasteiger partial charge in [0.1, 0.15) is 4.99 Å². The van der Waals surface area contributed by atoms with E-state index in [2.05, 4.69) is 10.3 Å². The number of ether oxygens (including phenoxy) is 1. The van der Waals surface area contributed by atoms with Crippen LogP contribution in [0.1, 0.15) is 18.4 Å². The van der Waals surface area contributed by atoms with E-state index in [1.54, 1.807) is 13.3 Å². The fourth-order valence-electron chi connectivity index (χ4n) is 2.10. The molecule has 0 unspecified atom stereocenters. The molecule has 0 spiro atoms. The average molecular weight is 289 g/mol. The number of thiocarbonyl (C=S) groups is 1. The van der Waals surface area contributed by atoms with Crippen molar-refractivity contribution in [2.75, 3.05) is 25.6 Å². The number of unbranched alkanes of at least 4 members (excludes halogenated alkanes) is 1. The predicted molar refractivity (Wildman–Crippen MR) is 87.2 cm³/mol. The number of benzene rings is 1. The fourth-order valence-corrected chi connectivity index (χ4v) is 2.26. The van der Waals surface area contributed by atoms with Gasteiger partial charge in [-0.15, -0.1) is 0 Å². The van der Waals surface area contributed by atoms with Crippen molar-refractivity contribution < 1.29 is 4.74 Å². The number of hydrogen-bond donors (Lipinski definition) is 2. The van der Waals surface area contributed by atoms with E-state index in [9.17, 15) is 0 Å². The van der Waals surface area contributed by atoms with Gasteiger partial charge in [0.25, 0.3) is 0 Å². The molecule has 0 saturated carbocycles. The number of pyridine rings is 1. The molecule has 4 nitrogen and oxygen atoms in total. The van der Waals surface area contributed by atoms with Gasteiger partial charge in [-0.2, -0.15) is 0 Å². The second-order valence-corrected chi connectivity index (χ2v) is 4.99. The Kier molecular flexibility index (Phi) is 5.26. The maximum Gasteiger partial charge on any atom is 0.107 e. The Morgan fingerprint density at radius 1 is 1.35 bits per heavy atom. The van der Waals surface area contributed by atoms with Gasteiger partial charge in [0.15, 0.2) is 0 Å². The average Bonchev–Trinajstić information content (AvgIpc) is 2.46. The third-order valence-corrected chi connectivity index (χ3v) is 3.34. The summed E-state index contributed by atoms with van der Waals surface area (Å²) in [4.78, 5) is 4.76. The van der Waals surface area contributed by atoms with Crippen LogP contribution in [0.25, 0.3) is 10.9 Å². The van der Waals surface area contributed by atoms with Crippen molar-refractivity contribution in [1.82, 2.24) is 4.98 Å². The summed E-state index contributed by atoms with van der Waals surface area (Å²) in [5.74, 6) is 0.